The summed E-state index contributed by atoms with van der Waals surface area (Å²) in [7, 11) is 0. The first kappa shape index (κ1) is 16.3. The molecule has 2 aliphatic rings. The van der Waals surface area contributed by atoms with Crippen molar-refractivity contribution >= 4 is 17.2 Å². The van der Waals surface area contributed by atoms with E-state index in [4.69, 9.17) is 12.2 Å². The molecule has 2 fully saturated rings. The highest BCUT2D eigenvalue weighted by Gasteiger charge is 2.37. The third-order valence-corrected chi connectivity index (χ3v) is 5.81. The van der Waals surface area contributed by atoms with E-state index in [1.165, 1.54) is 56.4 Å². The van der Waals surface area contributed by atoms with E-state index in [0.717, 1.165) is 12.3 Å². The minimum absolute atomic E-state index is 0.516. The van der Waals surface area contributed by atoms with E-state index in [-0.39, 0.29) is 0 Å². The number of nitrogens with zero attached hydrogens (tertiary/aromatic N) is 1. The maximum Gasteiger partial charge on any atom is 0.0784 e. The van der Waals surface area contributed by atoms with E-state index in [1.54, 1.807) is 0 Å². The monoisotopic (exact) mass is 295 g/mol. The molecule has 0 bridgehead atoms. The Hall–Kier alpha value is -0.110. The maximum absolute atomic E-state index is 5.69. The second-order valence-electron chi connectivity index (χ2n) is 8.08. The quantitative estimate of drug-likeness (QED) is 0.581. The van der Waals surface area contributed by atoms with Crippen molar-refractivity contribution in [3.05, 3.63) is 0 Å². The van der Waals surface area contributed by atoms with Crippen LogP contribution in [-0.2, 0) is 0 Å². The van der Waals surface area contributed by atoms with Crippen LogP contribution < -0.4 is 0 Å². The first-order valence-corrected chi connectivity index (χ1v) is 9.13. The van der Waals surface area contributed by atoms with E-state index in [2.05, 4.69) is 32.6 Å². The van der Waals surface area contributed by atoms with Gasteiger partial charge in [0.2, 0.25) is 0 Å². The molecule has 1 aliphatic carbocycles. The van der Waals surface area contributed by atoms with Crippen LogP contribution >= 0.6 is 12.2 Å². The van der Waals surface area contributed by atoms with Crippen LogP contribution in [0.5, 0.6) is 0 Å². The Labute approximate surface area is 131 Å². The molecule has 1 heterocycles. The SMILES string of the molecule is CC(C)N1C(=S)CCC2CC(C)(C)CCCCCCC21. The first-order valence-electron chi connectivity index (χ1n) is 8.72. The Morgan fingerprint density at radius 3 is 2.50 bits per heavy atom. The van der Waals surface area contributed by atoms with Gasteiger partial charge in [0.15, 0.2) is 0 Å². The highest BCUT2D eigenvalue weighted by atomic mass is 32.1. The van der Waals surface area contributed by atoms with Gasteiger partial charge in [-0.1, -0.05) is 51.7 Å². The zero-order valence-electron chi connectivity index (χ0n) is 14.0. The molecular weight excluding hydrogens is 262 g/mol. The summed E-state index contributed by atoms with van der Waals surface area (Å²) in [5.74, 6) is 0.859. The molecule has 0 spiro atoms. The molecule has 0 radical (unpaired) electrons. The molecule has 2 unspecified atom stereocenters. The number of thiocarbonyl (C=S) groups is 1. The second kappa shape index (κ2) is 6.77. The summed E-state index contributed by atoms with van der Waals surface area (Å²) in [6, 6.07) is 1.29. The highest BCUT2D eigenvalue weighted by Crippen LogP contribution is 2.41. The van der Waals surface area contributed by atoms with Crippen molar-refractivity contribution in [1.82, 2.24) is 4.90 Å². The van der Waals surface area contributed by atoms with Crippen LogP contribution in [-0.4, -0.2) is 22.0 Å². The highest BCUT2D eigenvalue weighted by molar-refractivity contribution is 7.80. The average molecular weight is 296 g/mol. The van der Waals surface area contributed by atoms with Gasteiger partial charge in [-0.15, -0.1) is 0 Å². The summed E-state index contributed by atoms with van der Waals surface area (Å²) >= 11 is 5.69. The lowest BCUT2D eigenvalue weighted by atomic mass is 9.71. The third kappa shape index (κ3) is 3.96. The number of likely N-dealkylation sites (tertiary alicyclic amines) is 1. The number of hydrogen-bond acceptors (Lipinski definition) is 1. The number of hydrogen-bond donors (Lipinski definition) is 0. The van der Waals surface area contributed by atoms with Gasteiger partial charge in [-0.3, -0.25) is 0 Å². The predicted molar refractivity (Wildman–Crippen MR) is 92.2 cm³/mol. The molecule has 2 rings (SSSR count). The Morgan fingerprint density at radius 1 is 1.10 bits per heavy atom. The molecule has 2 heteroatoms. The topological polar surface area (TPSA) is 3.24 Å². The van der Waals surface area contributed by atoms with E-state index in [9.17, 15) is 0 Å². The molecule has 1 saturated heterocycles. The number of rotatable bonds is 1. The van der Waals surface area contributed by atoms with Gasteiger partial charge in [-0.2, -0.15) is 0 Å². The molecule has 0 N–H and O–H groups in total. The molecule has 1 nitrogen and oxygen atoms in total. The summed E-state index contributed by atoms with van der Waals surface area (Å²) in [6.45, 7) is 9.61. The fourth-order valence-corrected chi connectivity index (χ4v) is 4.91. The summed E-state index contributed by atoms with van der Waals surface area (Å²) in [5, 5.41) is 0. The smallest absolute Gasteiger partial charge is 0.0784 e. The molecule has 2 atom stereocenters. The zero-order valence-corrected chi connectivity index (χ0v) is 14.8. The van der Waals surface area contributed by atoms with E-state index in [1.807, 2.05) is 0 Å². The lowest BCUT2D eigenvalue weighted by Crippen LogP contribution is -2.52. The zero-order chi connectivity index (χ0) is 14.8. The van der Waals surface area contributed by atoms with Gasteiger partial charge in [0, 0.05) is 12.1 Å². The molecule has 1 aliphatic heterocycles. The van der Waals surface area contributed by atoms with Gasteiger partial charge in [0.25, 0.3) is 0 Å². The fourth-order valence-electron chi connectivity index (χ4n) is 4.45. The van der Waals surface area contributed by atoms with Gasteiger partial charge in [-0.05, 0) is 57.3 Å². The van der Waals surface area contributed by atoms with Crippen molar-refractivity contribution in [1.29, 1.82) is 0 Å². The molecule has 0 aromatic rings. The van der Waals surface area contributed by atoms with Gasteiger partial charge in [-0.25, -0.2) is 0 Å². The van der Waals surface area contributed by atoms with Crippen molar-refractivity contribution in [2.45, 2.75) is 97.6 Å². The molecular formula is C18H33NS. The van der Waals surface area contributed by atoms with Crippen LogP contribution in [0.25, 0.3) is 0 Å². The van der Waals surface area contributed by atoms with E-state index in [0.29, 0.717) is 17.5 Å². The van der Waals surface area contributed by atoms with Crippen molar-refractivity contribution < 1.29 is 0 Å². The van der Waals surface area contributed by atoms with Crippen molar-refractivity contribution in [3.8, 4) is 0 Å². The van der Waals surface area contributed by atoms with Crippen molar-refractivity contribution in [2.24, 2.45) is 11.3 Å². The lowest BCUT2D eigenvalue weighted by Gasteiger charge is -2.48. The Balaban J connectivity index is 2.18. The standard InChI is InChI=1S/C18H33NS/c1-14(2)19-16-9-7-5-6-8-12-18(3,4)13-15(16)10-11-17(19)20/h14-16H,5-13H2,1-4H3. The normalized spacial score (nSPS) is 32.0. The molecule has 0 aromatic heterocycles. The maximum atomic E-state index is 5.69. The second-order valence-corrected chi connectivity index (χ2v) is 8.55. The van der Waals surface area contributed by atoms with Gasteiger partial charge in [0.1, 0.15) is 0 Å². The molecule has 20 heavy (non-hydrogen) atoms. The van der Waals surface area contributed by atoms with Crippen LogP contribution in [0.2, 0.25) is 0 Å². The molecule has 116 valence electrons. The van der Waals surface area contributed by atoms with Crippen LogP contribution in [0.1, 0.15) is 85.5 Å². The van der Waals surface area contributed by atoms with Crippen molar-refractivity contribution in [3.63, 3.8) is 0 Å². The van der Waals surface area contributed by atoms with Crippen LogP contribution in [0, 0.1) is 11.3 Å². The van der Waals surface area contributed by atoms with Gasteiger partial charge >= 0.3 is 0 Å². The lowest BCUT2D eigenvalue weighted by molar-refractivity contribution is 0.102. The third-order valence-electron chi connectivity index (χ3n) is 5.39. The van der Waals surface area contributed by atoms with Gasteiger partial charge < -0.3 is 4.90 Å². The predicted octanol–water partition coefficient (Wildman–Crippen LogP) is 5.57. The summed E-state index contributed by atoms with van der Waals surface area (Å²) in [5.41, 5.74) is 0.516. The summed E-state index contributed by atoms with van der Waals surface area (Å²) in [4.78, 5) is 3.83. The minimum atomic E-state index is 0.516. The first-order chi connectivity index (χ1) is 9.41. The largest absolute Gasteiger partial charge is 0.360 e. The molecule has 0 aromatic carbocycles. The fraction of sp³-hybridized carbons (Fsp3) is 0.944. The van der Waals surface area contributed by atoms with Crippen LogP contribution in [0.3, 0.4) is 0 Å². The number of piperidine rings is 1. The summed E-state index contributed by atoms with van der Waals surface area (Å²) in [6.07, 6.45) is 12.3. The van der Waals surface area contributed by atoms with E-state index >= 15 is 0 Å². The summed E-state index contributed by atoms with van der Waals surface area (Å²) < 4.78 is 0. The van der Waals surface area contributed by atoms with Gasteiger partial charge in [0.05, 0.1) is 4.99 Å². The molecule has 1 saturated carbocycles. The average Bonchev–Trinajstić information content (AvgIpc) is 2.35. The molecule has 0 amide bonds. The number of fused-ring (bicyclic) bond motifs is 1. The minimum Gasteiger partial charge on any atom is -0.360 e. The Morgan fingerprint density at radius 2 is 1.80 bits per heavy atom. The van der Waals surface area contributed by atoms with Crippen LogP contribution in [0.15, 0.2) is 0 Å². The Bertz CT molecular complexity index is 334. The van der Waals surface area contributed by atoms with Crippen molar-refractivity contribution in [2.75, 3.05) is 0 Å². The van der Waals surface area contributed by atoms with Crippen LogP contribution in [0.4, 0.5) is 0 Å². The van der Waals surface area contributed by atoms with E-state index < -0.39 is 0 Å². The Kier molecular flexibility index (Phi) is 5.50.